The van der Waals surface area contributed by atoms with Crippen LogP contribution in [0.15, 0.2) is 0 Å². The molecule has 0 aromatic carbocycles. The third-order valence-corrected chi connectivity index (χ3v) is 6.10. The van der Waals surface area contributed by atoms with Gasteiger partial charge in [-0.3, -0.25) is 4.79 Å². The number of hydrogen-bond donors (Lipinski definition) is 1. The van der Waals surface area contributed by atoms with Gasteiger partial charge in [0, 0.05) is 19.1 Å². The van der Waals surface area contributed by atoms with E-state index in [2.05, 4.69) is 24.1 Å². The minimum absolute atomic E-state index is 0.102. The summed E-state index contributed by atoms with van der Waals surface area (Å²) in [5, 5.41) is 3.70. The van der Waals surface area contributed by atoms with Gasteiger partial charge in [0.25, 0.3) is 0 Å². The van der Waals surface area contributed by atoms with E-state index in [1.165, 1.54) is 38.5 Å². The van der Waals surface area contributed by atoms with Gasteiger partial charge in [0.2, 0.25) is 5.91 Å². The molecule has 3 heteroatoms. The maximum Gasteiger partial charge on any atom is 0.239 e. The molecule has 1 saturated carbocycles. The van der Waals surface area contributed by atoms with E-state index in [0.717, 1.165) is 38.3 Å². The first-order valence-electron chi connectivity index (χ1n) is 9.10. The Morgan fingerprint density at radius 3 is 2.67 bits per heavy atom. The number of amides is 1. The predicted molar refractivity (Wildman–Crippen MR) is 86.1 cm³/mol. The highest BCUT2D eigenvalue weighted by molar-refractivity contribution is 5.82. The summed E-state index contributed by atoms with van der Waals surface area (Å²) < 4.78 is 0. The van der Waals surface area contributed by atoms with Crippen molar-refractivity contribution in [2.24, 2.45) is 11.3 Å². The molecule has 3 fully saturated rings. The van der Waals surface area contributed by atoms with Gasteiger partial charge < -0.3 is 10.2 Å². The molecule has 0 spiro atoms. The Morgan fingerprint density at radius 1 is 1.00 bits per heavy atom. The topological polar surface area (TPSA) is 32.3 Å². The molecule has 2 heterocycles. The van der Waals surface area contributed by atoms with E-state index in [9.17, 15) is 4.79 Å². The standard InChI is InChI=1S/C18H32N2O/c1-18(2)10-5-12-20(13-11-18)17(21)16-9-8-14-6-3-4-7-15(14)19-16/h14-16,19H,3-13H2,1-2H3. The van der Waals surface area contributed by atoms with Crippen molar-refractivity contribution in [3.8, 4) is 0 Å². The van der Waals surface area contributed by atoms with Crippen LogP contribution in [0.25, 0.3) is 0 Å². The van der Waals surface area contributed by atoms with Crippen molar-refractivity contribution >= 4 is 5.91 Å². The Hall–Kier alpha value is -0.570. The Bertz CT molecular complexity index is 379. The fraction of sp³-hybridized carbons (Fsp3) is 0.944. The van der Waals surface area contributed by atoms with Crippen molar-refractivity contribution in [1.82, 2.24) is 10.2 Å². The molecule has 21 heavy (non-hydrogen) atoms. The van der Waals surface area contributed by atoms with Crippen LogP contribution in [-0.4, -0.2) is 36.0 Å². The Labute approximate surface area is 129 Å². The van der Waals surface area contributed by atoms with Crippen LogP contribution in [0.5, 0.6) is 0 Å². The lowest BCUT2D eigenvalue weighted by atomic mass is 9.77. The summed E-state index contributed by atoms with van der Waals surface area (Å²) in [6.45, 7) is 6.60. The smallest absolute Gasteiger partial charge is 0.239 e. The molecule has 3 rings (SSSR count). The molecule has 3 unspecified atom stereocenters. The predicted octanol–water partition coefficient (Wildman–Crippen LogP) is 3.34. The average Bonchev–Trinajstić information content (AvgIpc) is 2.67. The summed E-state index contributed by atoms with van der Waals surface area (Å²) in [4.78, 5) is 15.0. The number of piperidine rings is 1. The first-order chi connectivity index (χ1) is 10.1. The van der Waals surface area contributed by atoms with E-state index in [-0.39, 0.29) is 6.04 Å². The fourth-order valence-corrected chi connectivity index (χ4v) is 4.55. The number of nitrogens with zero attached hydrogens (tertiary/aromatic N) is 1. The summed E-state index contributed by atoms with van der Waals surface area (Å²) in [6.07, 6.45) is 11.3. The minimum Gasteiger partial charge on any atom is -0.341 e. The van der Waals surface area contributed by atoms with Gasteiger partial charge in [-0.2, -0.15) is 0 Å². The summed E-state index contributed by atoms with van der Waals surface area (Å²) in [5.41, 5.74) is 0.406. The maximum atomic E-state index is 12.9. The third-order valence-electron chi connectivity index (χ3n) is 6.10. The average molecular weight is 292 g/mol. The van der Waals surface area contributed by atoms with E-state index < -0.39 is 0 Å². The van der Waals surface area contributed by atoms with Crippen molar-refractivity contribution < 1.29 is 4.79 Å². The lowest BCUT2D eigenvalue weighted by molar-refractivity contribution is -0.135. The number of carbonyl (C=O) groups excluding carboxylic acids is 1. The van der Waals surface area contributed by atoms with Gasteiger partial charge in [-0.1, -0.05) is 26.7 Å². The van der Waals surface area contributed by atoms with Gasteiger partial charge in [0.1, 0.15) is 0 Å². The van der Waals surface area contributed by atoms with E-state index >= 15 is 0 Å². The zero-order chi connectivity index (χ0) is 14.9. The molecular formula is C18H32N2O. The van der Waals surface area contributed by atoms with E-state index in [1.807, 2.05) is 0 Å². The van der Waals surface area contributed by atoms with Gasteiger partial charge in [0.05, 0.1) is 6.04 Å². The van der Waals surface area contributed by atoms with Crippen LogP contribution >= 0.6 is 0 Å². The van der Waals surface area contributed by atoms with Crippen LogP contribution < -0.4 is 5.32 Å². The fourth-order valence-electron chi connectivity index (χ4n) is 4.55. The normalized spacial score (nSPS) is 36.7. The largest absolute Gasteiger partial charge is 0.341 e. The molecule has 0 radical (unpaired) electrons. The molecule has 0 bridgehead atoms. The lowest BCUT2D eigenvalue weighted by Gasteiger charge is -2.41. The van der Waals surface area contributed by atoms with E-state index in [1.54, 1.807) is 0 Å². The molecular weight excluding hydrogens is 260 g/mol. The Kier molecular flexibility index (Phi) is 4.58. The lowest BCUT2D eigenvalue weighted by Crippen LogP contribution is -2.55. The first-order valence-corrected chi connectivity index (χ1v) is 9.10. The molecule has 1 aliphatic carbocycles. The number of carbonyl (C=O) groups is 1. The van der Waals surface area contributed by atoms with Crippen molar-refractivity contribution in [1.29, 1.82) is 0 Å². The molecule has 3 aliphatic rings. The molecule has 1 amide bonds. The van der Waals surface area contributed by atoms with Gasteiger partial charge in [-0.15, -0.1) is 0 Å². The Morgan fingerprint density at radius 2 is 1.81 bits per heavy atom. The molecule has 3 nitrogen and oxygen atoms in total. The molecule has 1 N–H and O–H groups in total. The van der Waals surface area contributed by atoms with Crippen LogP contribution in [0.4, 0.5) is 0 Å². The Balaban J connectivity index is 1.57. The summed E-state index contributed by atoms with van der Waals surface area (Å²) in [5.74, 6) is 1.22. The second-order valence-electron chi connectivity index (χ2n) is 8.29. The van der Waals surface area contributed by atoms with Crippen LogP contribution in [-0.2, 0) is 4.79 Å². The van der Waals surface area contributed by atoms with Crippen molar-refractivity contribution in [2.75, 3.05) is 13.1 Å². The van der Waals surface area contributed by atoms with E-state index in [0.29, 0.717) is 17.4 Å². The number of hydrogen-bond acceptors (Lipinski definition) is 2. The molecule has 2 aliphatic heterocycles. The highest BCUT2D eigenvalue weighted by Gasteiger charge is 2.36. The quantitative estimate of drug-likeness (QED) is 0.804. The summed E-state index contributed by atoms with van der Waals surface area (Å²) in [7, 11) is 0. The van der Waals surface area contributed by atoms with Crippen LogP contribution in [0.3, 0.4) is 0 Å². The van der Waals surface area contributed by atoms with Gasteiger partial charge >= 0.3 is 0 Å². The first kappa shape index (κ1) is 15.3. The SMILES string of the molecule is CC1(C)CCCN(C(=O)C2CCC3CCCCC3N2)CC1. The minimum atomic E-state index is 0.102. The number of fused-ring (bicyclic) bond motifs is 1. The summed E-state index contributed by atoms with van der Waals surface area (Å²) in [6, 6.07) is 0.718. The van der Waals surface area contributed by atoms with Gasteiger partial charge in [-0.25, -0.2) is 0 Å². The molecule has 120 valence electrons. The van der Waals surface area contributed by atoms with Gasteiger partial charge in [0.15, 0.2) is 0 Å². The second-order valence-corrected chi connectivity index (χ2v) is 8.29. The van der Waals surface area contributed by atoms with Crippen LogP contribution in [0.2, 0.25) is 0 Å². The van der Waals surface area contributed by atoms with Crippen molar-refractivity contribution in [3.05, 3.63) is 0 Å². The molecule has 3 atom stereocenters. The number of nitrogens with one attached hydrogen (secondary N) is 1. The maximum absolute atomic E-state index is 12.9. The van der Waals surface area contributed by atoms with Crippen LogP contribution in [0, 0.1) is 11.3 Å². The molecule has 2 saturated heterocycles. The highest BCUT2D eigenvalue weighted by atomic mass is 16.2. The number of likely N-dealkylation sites (tertiary alicyclic amines) is 1. The zero-order valence-electron chi connectivity index (χ0n) is 13.9. The van der Waals surface area contributed by atoms with Crippen molar-refractivity contribution in [3.63, 3.8) is 0 Å². The molecule has 0 aromatic rings. The number of rotatable bonds is 1. The van der Waals surface area contributed by atoms with Crippen LogP contribution in [0.1, 0.15) is 71.6 Å². The molecule has 0 aromatic heterocycles. The second kappa shape index (κ2) is 6.28. The summed E-state index contributed by atoms with van der Waals surface area (Å²) >= 11 is 0. The van der Waals surface area contributed by atoms with E-state index in [4.69, 9.17) is 0 Å². The highest BCUT2D eigenvalue weighted by Crippen LogP contribution is 2.34. The van der Waals surface area contributed by atoms with Crippen molar-refractivity contribution in [2.45, 2.75) is 83.7 Å². The monoisotopic (exact) mass is 292 g/mol. The third kappa shape index (κ3) is 3.61. The zero-order valence-corrected chi connectivity index (χ0v) is 13.9. The van der Waals surface area contributed by atoms with Gasteiger partial charge in [-0.05, 0) is 56.3 Å².